The number of fused-ring (bicyclic) bond motifs is 1. The smallest absolute Gasteiger partial charge is 0.161 e. The van der Waals surface area contributed by atoms with Crippen LogP contribution in [0.1, 0.15) is 18.4 Å². The molecular weight excluding hydrogens is 362 g/mol. The van der Waals surface area contributed by atoms with Crippen molar-refractivity contribution in [3.05, 3.63) is 53.1 Å². The number of aromatic nitrogens is 2. The van der Waals surface area contributed by atoms with Crippen LogP contribution in [0.4, 0.5) is 5.82 Å². The van der Waals surface area contributed by atoms with Crippen molar-refractivity contribution >= 4 is 17.4 Å². The van der Waals surface area contributed by atoms with Crippen molar-refractivity contribution in [2.24, 2.45) is 0 Å². The van der Waals surface area contributed by atoms with Gasteiger partial charge in [-0.1, -0.05) is 17.7 Å². The van der Waals surface area contributed by atoms with Crippen LogP contribution in [0.15, 0.2) is 42.5 Å². The molecule has 0 aliphatic carbocycles. The van der Waals surface area contributed by atoms with E-state index in [2.05, 4.69) is 5.32 Å². The minimum absolute atomic E-state index is 0.693. The molecule has 0 saturated heterocycles. The Hall–Kier alpha value is -2.66. The molecule has 3 aromatic rings. The van der Waals surface area contributed by atoms with Crippen LogP contribution in [-0.2, 0) is 6.42 Å². The van der Waals surface area contributed by atoms with E-state index in [1.807, 2.05) is 47.1 Å². The van der Waals surface area contributed by atoms with E-state index in [9.17, 15) is 0 Å². The molecule has 2 heterocycles. The van der Waals surface area contributed by atoms with E-state index in [0.717, 1.165) is 48.6 Å². The third kappa shape index (κ3) is 3.35. The Morgan fingerprint density at radius 3 is 2.67 bits per heavy atom. The van der Waals surface area contributed by atoms with E-state index in [4.69, 9.17) is 26.2 Å². The third-order valence-electron chi connectivity index (χ3n) is 4.84. The first-order valence-electron chi connectivity index (χ1n) is 9.05. The van der Waals surface area contributed by atoms with Gasteiger partial charge in [0.25, 0.3) is 0 Å². The van der Waals surface area contributed by atoms with E-state index in [-0.39, 0.29) is 0 Å². The van der Waals surface area contributed by atoms with Gasteiger partial charge < -0.3 is 14.8 Å². The van der Waals surface area contributed by atoms with Crippen molar-refractivity contribution in [3.63, 3.8) is 0 Å². The fraction of sp³-hybridized carbons (Fsp3) is 0.286. The summed E-state index contributed by atoms with van der Waals surface area (Å²) < 4.78 is 12.8. The Morgan fingerprint density at radius 2 is 1.89 bits per heavy atom. The summed E-state index contributed by atoms with van der Waals surface area (Å²) in [6.45, 7) is 0.935. The average Bonchev–Trinajstić information content (AvgIpc) is 2.88. The number of halogens is 1. The van der Waals surface area contributed by atoms with Crippen molar-refractivity contribution in [2.75, 3.05) is 26.1 Å². The van der Waals surface area contributed by atoms with Gasteiger partial charge in [-0.05, 0) is 55.7 Å². The number of methoxy groups -OCH3 is 2. The molecule has 0 bridgehead atoms. The van der Waals surface area contributed by atoms with Crippen LogP contribution >= 0.6 is 11.6 Å². The molecule has 0 fully saturated rings. The van der Waals surface area contributed by atoms with E-state index in [1.165, 1.54) is 5.56 Å². The fourth-order valence-electron chi connectivity index (χ4n) is 3.51. The number of benzene rings is 2. The maximum Gasteiger partial charge on any atom is 0.161 e. The molecule has 0 saturated carbocycles. The van der Waals surface area contributed by atoms with E-state index < -0.39 is 0 Å². The zero-order chi connectivity index (χ0) is 18.8. The molecule has 0 amide bonds. The summed E-state index contributed by atoms with van der Waals surface area (Å²) in [5.41, 5.74) is 4.13. The van der Waals surface area contributed by atoms with Crippen molar-refractivity contribution in [1.82, 2.24) is 9.78 Å². The van der Waals surface area contributed by atoms with Crippen molar-refractivity contribution in [3.8, 4) is 28.4 Å². The number of hydrogen-bond donors (Lipinski definition) is 1. The summed E-state index contributed by atoms with van der Waals surface area (Å²) in [5.74, 6) is 2.45. The summed E-state index contributed by atoms with van der Waals surface area (Å²) >= 11 is 6.21. The number of nitrogens with zero attached hydrogens (tertiary/aromatic N) is 2. The molecule has 1 aliphatic heterocycles. The predicted octanol–water partition coefficient (Wildman–Crippen LogP) is 4.96. The molecule has 0 radical (unpaired) electrons. The Bertz CT molecular complexity index is 968. The zero-order valence-electron chi connectivity index (χ0n) is 15.5. The number of rotatable bonds is 4. The highest BCUT2D eigenvalue weighted by molar-refractivity contribution is 6.30. The van der Waals surface area contributed by atoms with Crippen LogP contribution in [0.3, 0.4) is 0 Å². The van der Waals surface area contributed by atoms with Crippen LogP contribution in [0, 0.1) is 0 Å². The lowest BCUT2D eigenvalue weighted by atomic mass is 10.0. The van der Waals surface area contributed by atoms with Gasteiger partial charge in [0, 0.05) is 22.7 Å². The Morgan fingerprint density at radius 1 is 1.04 bits per heavy atom. The first-order valence-corrected chi connectivity index (χ1v) is 9.43. The molecule has 2 aromatic carbocycles. The van der Waals surface area contributed by atoms with Gasteiger partial charge in [-0.2, -0.15) is 5.10 Å². The first-order chi connectivity index (χ1) is 13.2. The van der Waals surface area contributed by atoms with Crippen molar-refractivity contribution < 1.29 is 9.47 Å². The van der Waals surface area contributed by atoms with Gasteiger partial charge in [0.1, 0.15) is 5.82 Å². The average molecular weight is 384 g/mol. The van der Waals surface area contributed by atoms with E-state index in [1.54, 1.807) is 14.2 Å². The molecule has 0 unspecified atom stereocenters. The molecule has 27 heavy (non-hydrogen) atoms. The van der Waals surface area contributed by atoms with Crippen LogP contribution < -0.4 is 14.8 Å². The van der Waals surface area contributed by atoms with Crippen LogP contribution in [0.5, 0.6) is 11.5 Å². The van der Waals surface area contributed by atoms with Crippen LogP contribution in [0.2, 0.25) is 5.02 Å². The number of ether oxygens (including phenoxy) is 2. The summed E-state index contributed by atoms with van der Waals surface area (Å²) in [7, 11) is 3.29. The van der Waals surface area contributed by atoms with Gasteiger partial charge in [-0.25, -0.2) is 4.68 Å². The number of anilines is 1. The maximum atomic E-state index is 6.21. The molecule has 4 rings (SSSR count). The molecule has 140 valence electrons. The van der Waals surface area contributed by atoms with Gasteiger partial charge >= 0.3 is 0 Å². The van der Waals surface area contributed by atoms with Crippen molar-refractivity contribution in [1.29, 1.82) is 0 Å². The highest BCUT2D eigenvalue weighted by atomic mass is 35.5. The minimum Gasteiger partial charge on any atom is -0.493 e. The van der Waals surface area contributed by atoms with Crippen LogP contribution in [0.25, 0.3) is 16.9 Å². The first kappa shape index (κ1) is 17.7. The molecule has 1 aliphatic rings. The molecule has 1 aromatic heterocycles. The lowest BCUT2D eigenvalue weighted by Crippen LogP contribution is -2.07. The molecule has 1 N–H and O–H groups in total. The lowest BCUT2D eigenvalue weighted by Gasteiger charge is -2.09. The Labute approximate surface area is 163 Å². The van der Waals surface area contributed by atoms with Crippen LogP contribution in [-0.4, -0.2) is 30.5 Å². The molecule has 6 heteroatoms. The summed E-state index contributed by atoms with van der Waals surface area (Å²) in [6.07, 6.45) is 3.24. The number of nitrogens with one attached hydrogen (secondary N) is 1. The van der Waals surface area contributed by atoms with E-state index in [0.29, 0.717) is 16.5 Å². The quantitative estimate of drug-likeness (QED) is 0.691. The second-order valence-corrected chi connectivity index (χ2v) is 6.96. The zero-order valence-corrected chi connectivity index (χ0v) is 16.2. The molecule has 5 nitrogen and oxygen atoms in total. The fourth-order valence-corrected chi connectivity index (χ4v) is 3.70. The monoisotopic (exact) mass is 383 g/mol. The SMILES string of the molecule is COc1ccc(-c2nn(-c3cccc(Cl)c3)c3c2CCCCN3)cc1OC. The summed E-state index contributed by atoms with van der Waals surface area (Å²) in [4.78, 5) is 0. The Kier molecular flexibility index (Phi) is 4.94. The van der Waals surface area contributed by atoms with Gasteiger partial charge in [0.2, 0.25) is 0 Å². The topological polar surface area (TPSA) is 48.3 Å². The van der Waals surface area contributed by atoms with Gasteiger partial charge in [-0.3, -0.25) is 0 Å². The van der Waals surface area contributed by atoms with Gasteiger partial charge in [0.15, 0.2) is 11.5 Å². The summed E-state index contributed by atoms with van der Waals surface area (Å²) in [5, 5.41) is 9.19. The van der Waals surface area contributed by atoms with E-state index >= 15 is 0 Å². The second-order valence-electron chi connectivity index (χ2n) is 6.52. The second kappa shape index (κ2) is 7.53. The largest absolute Gasteiger partial charge is 0.493 e. The normalized spacial score (nSPS) is 13.4. The highest BCUT2D eigenvalue weighted by Crippen LogP contribution is 2.37. The summed E-state index contributed by atoms with van der Waals surface area (Å²) in [6, 6.07) is 13.7. The Balaban J connectivity index is 1.89. The third-order valence-corrected chi connectivity index (χ3v) is 5.07. The molecule has 0 spiro atoms. The molecule has 0 atom stereocenters. The van der Waals surface area contributed by atoms with Crippen molar-refractivity contribution in [2.45, 2.75) is 19.3 Å². The standard InChI is InChI=1S/C21H22ClN3O2/c1-26-18-10-9-14(12-19(18)27-2)20-17-8-3-4-11-23-21(17)25(24-20)16-7-5-6-15(22)13-16/h5-7,9-10,12-13,23H,3-4,8,11H2,1-2H3. The maximum absolute atomic E-state index is 6.21. The highest BCUT2D eigenvalue weighted by Gasteiger charge is 2.22. The molecular formula is C21H22ClN3O2. The number of hydrogen-bond acceptors (Lipinski definition) is 4. The predicted molar refractivity (Wildman–Crippen MR) is 109 cm³/mol. The van der Waals surface area contributed by atoms with Gasteiger partial charge in [0.05, 0.1) is 25.6 Å². The van der Waals surface area contributed by atoms with Gasteiger partial charge in [-0.15, -0.1) is 0 Å². The minimum atomic E-state index is 0.693. The lowest BCUT2D eigenvalue weighted by molar-refractivity contribution is 0.355.